The van der Waals surface area contributed by atoms with Gasteiger partial charge in [-0.1, -0.05) is 18.7 Å². The molecule has 9 heteroatoms. The third kappa shape index (κ3) is 2.61. The van der Waals surface area contributed by atoms with Crippen molar-refractivity contribution >= 4 is 29.3 Å². The number of hydrogen-bond acceptors (Lipinski definition) is 8. The van der Waals surface area contributed by atoms with Crippen LogP contribution in [0.3, 0.4) is 0 Å². The molecule has 0 aromatic heterocycles. The van der Waals surface area contributed by atoms with E-state index in [-0.39, 0.29) is 29.7 Å². The highest BCUT2D eigenvalue weighted by atomic mass is 16.3. The van der Waals surface area contributed by atoms with Crippen LogP contribution in [0.2, 0.25) is 0 Å². The molecule has 3 aliphatic carbocycles. The smallest absolute Gasteiger partial charge is 0.255 e. The van der Waals surface area contributed by atoms with Gasteiger partial charge in [0.1, 0.15) is 22.8 Å². The van der Waals surface area contributed by atoms with Crippen LogP contribution in [0.15, 0.2) is 35.6 Å². The van der Waals surface area contributed by atoms with Crippen LogP contribution in [0.4, 0.5) is 0 Å². The van der Waals surface area contributed by atoms with Gasteiger partial charge >= 0.3 is 0 Å². The number of amides is 1. The van der Waals surface area contributed by atoms with Crippen molar-refractivity contribution in [2.75, 3.05) is 14.1 Å². The number of aliphatic hydroxyl groups excluding tert-OH is 2. The fraction of sp³-hybridized carbons (Fsp3) is 0.348. The molecule has 0 bridgehead atoms. The van der Waals surface area contributed by atoms with Crippen molar-refractivity contribution in [1.29, 1.82) is 0 Å². The van der Waals surface area contributed by atoms with Crippen molar-refractivity contribution in [3.63, 3.8) is 0 Å². The number of carbonyl (C=O) groups excluding carboxylic acids is 3. The van der Waals surface area contributed by atoms with Gasteiger partial charge in [-0.2, -0.15) is 0 Å². The van der Waals surface area contributed by atoms with Gasteiger partial charge in [0.25, 0.3) is 5.91 Å². The third-order valence-corrected chi connectivity index (χ3v) is 6.86. The first-order valence-corrected chi connectivity index (χ1v) is 10.1. The highest BCUT2D eigenvalue weighted by Gasteiger charge is 2.64. The number of aliphatic hydroxyl groups is 3. The first kappa shape index (κ1) is 21.8. The molecule has 0 saturated heterocycles. The van der Waals surface area contributed by atoms with E-state index in [1.807, 2.05) is 0 Å². The molecule has 0 heterocycles. The number of aromatic hydroxyl groups is 1. The Labute approximate surface area is 183 Å². The molecule has 1 amide bonds. The second-order valence-electron chi connectivity index (χ2n) is 8.69. The summed E-state index contributed by atoms with van der Waals surface area (Å²) in [5, 5.41) is 43.6. The SMILES string of the molecule is C=Cc1ccc(O)c2c1CC1CC3[C@H](N(C)C)C(=O)C(C(N)=O)=C(O)[C@@]3(O)C(=O)C1=C2O. The summed E-state index contributed by atoms with van der Waals surface area (Å²) in [4.78, 5) is 40.0. The number of benzene rings is 1. The minimum Gasteiger partial charge on any atom is -0.508 e. The Morgan fingerprint density at radius 3 is 2.47 bits per heavy atom. The number of primary amides is 1. The topological polar surface area (TPSA) is 161 Å². The van der Waals surface area contributed by atoms with Gasteiger partial charge in [-0.3, -0.25) is 19.3 Å². The quantitative estimate of drug-likeness (QED) is 0.427. The molecule has 0 aliphatic heterocycles. The summed E-state index contributed by atoms with van der Waals surface area (Å²) in [5.41, 5.74) is 2.97. The Morgan fingerprint density at radius 2 is 1.91 bits per heavy atom. The monoisotopic (exact) mass is 440 g/mol. The number of phenols is 1. The van der Waals surface area contributed by atoms with Crippen LogP contribution in [0, 0.1) is 11.8 Å². The maximum Gasteiger partial charge on any atom is 0.255 e. The number of hydrogen-bond donors (Lipinski definition) is 5. The van der Waals surface area contributed by atoms with Crippen molar-refractivity contribution in [2.24, 2.45) is 17.6 Å². The number of nitrogens with zero attached hydrogens (tertiary/aromatic N) is 1. The molecule has 9 nitrogen and oxygen atoms in total. The van der Waals surface area contributed by atoms with Crippen molar-refractivity contribution < 1.29 is 34.8 Å². The summed E-state index contributed by atoms with van der Waals surface area (Å²) in [6.07, 6.45) is 1.86. The van der Waals surface area contributed by atoms with Gasteiger partial charge in [-0.25, -0.2) is 0 Å². The van der Waals surface area contributed by atoms with E-state index in [1.54, 1.807) is 26.2 Å². The van der Waals surface area contributed by atoms with Gasteiger partial charge in [0, 0.05) is 11.5 Å². The number of phenolic OH excluding ortho intramolecular Hbond substituents is 1. The Balaban J connectivity index is 2.00. The van der Waals surface area contributed by atoms with Crippen molar-refractivity contribution in [2.45, 2.75) is 24.5 Å². The van der Waals surface area contributed by atoms with E-state index in [0.29, 0.717) is 11.1 Å². The van der Waals surface area contributed by atoms with E-state index in [9.17, 15) is 34.8 Å². The van der Waals surface area contributed by atoms with E-state index < -0.39 is 58.0 Å². The largest absolute Gasteiger partial charge is 0.508 e. The normalized spacial score (nSPS) is 29.6. The fourth-order valence-electron chi connectivity index (χ4n) is 5.46. The zero-order chi connectivity index (χ0) is 23.7. The van der Waals surface area contributed by atoms with Gasteiger partial charge in [-0.05, 0) is 50.0 Å². The lowest BCUT2D eigenvalue weighted by atomic mass is 9.57. The van der Waals surface area contributed by atoms with E-state index in [0.717, 1.165) is 0 Å². The molecule has 6 N–H and O–H groups in total. The second-order valence-corrected chi connectivity index (χ2v) is 8.69. The molecule has 3 aliphatic rings. The molecule has 2 unspecified atom stereocenters. The average Bonchev–Trinajstić information content (AvgIpc) is 2.70. The molecule has 1 fully saturated rings. The van der Waals surface area contributed by atoms with E-state index in [2.05, 4.69) is 6.58 Å². The number of rotatable bonds is 3. The van der Waals surface area contributed by atoms with Gasteiger partial charge < -0.3 is 26.2 Å². The Morgan fingerprint density at radius 1 is 1.25 bits per heavy atom. The lowest BCUT2D eigenvalue weighted by molar-refractivity contribution is -0.153. The Bertz CT molecular complexity index is 1160. The molecular formula is C23H24N2O7. The molecule has 32 heavy (non-hydrogen) atoms. The average molecular weight is 440 g/mol. The van der Waals surface area contributed by atoms with Crippen LogP contribution < -0.4 is 5.73 Å². The van der Waals surface area contributed by atoms with Crippen LogP contribution in [0.1, 0.15) is 23.1 Å². The zero-order valence-electron chi connectivity index (χ0n) is 17.6. The number of fused-ring (bicyclic) bond motifs is 3. The number of ketones is 2. The molecule has 0 radical (unpaired) electrons. The summed E-state index contributed by atoms with van der Waals surface area (Å²) >= 11 is 0. The van der Waals surface area contributed by atoms with Crippen molar-refractivity contribution in [3.8, 4) is 5.75 Å². The first-order chi connectivity index (χ1) is 15.0. The maximum absolute atomic E-state index is 13.6. The van der Waals surface area contributed by atoms with Crippen LogP contribution in [-0.4, -0.2) is 68.5 Å². The molecule has 1 aromatic carbocycles. The standard InChI is InChI=1S/C23H24N2O7/c1-4-9-5-6-13(26)15-11(9)7-10-8-12-17(25(2)3)19(28)16(22(24)31)21(30)23(12,32)20(29)14(10)18(15)27/h4-6,10,12,17,26-27,30,32H,1,7-8H2,2-3H3,(H2,24,31)/t10?,12?,17-,23-/m0/s1. The summed E-state index contributed by atoms with van der Waals surface area (Å²) in [7, 11) is 3.11. The number of Topliss-reactive ketones (excluding diaryl/α,β-unsaturated/α-hetero) is 2. The summed E-state index contributed by atoms with van der Waals surface area (Å²) in [5.74, 6) is -6.62. The number of carbonyl (C=O) groups is 3. The van der Waals surface area contributed by atoms with Gasteiger partial charge in [0.2, 0.25) is 5.78 Å². The number of likely N-dealkylation sites (N-methyl/N-ethyl adjacent to an activating group) is 1. The molecule has 168 valence electrons. The Kier molecular flexibility index (Phi) is 4.80. The van der Waals surface area contributed by atoms with Gasteiger partial charge in [0.05, 0.1) is 11.6 Å². The molecule has 4 atom stereocenters. The minimum absolute atomic E-state index is 0.0536. The van der Waals surface area contributed by atoms with E-state index in [1.165, 1.54) is 11.0 Å². The lowest BCUT2D eigenvalue weighted by Crippen LogP contribution is -2.65. The number of nitrogens with two attached hydrogens (primary N) is 1. The zero-order valence-corrected chi connectivity index (χ0v) is 17.6. The van der Waals surface area contributed by atoms with Crippen LogP contribution in [0.25, 0.3) is 11.8 Å². The highest BCUT2D eigenvalue weighted by Crippen LogP contribution is 2.52. The molecule has 1 aromatic rings. The van der Waals surface area contributed by atoms with E-state index in [4.69, 9.17) is 5.73 Å². The molecule has 4 rings (SSSR count). The Hall–Kier alpha value is -3.43. The first-order valence-electron chi connectivity index (χ1n) is 10.1. The van der Waals surface area contributed by atoms with Gasteiger partial charge in [0.15, 0.2) is 11.4 Å². The maximum atomic E-state index is 13.6. The minimum atomic E-state index is -2.63. The predicted molar refractivity (Wildman–Crippen MR) is 114 cm³/mol. The van der Waals surface area contributed by atoms with Crippen LogP contribution >= 0.6 is 0 Å². The summed E-state index contributed by atoms with van der Waals surface area (Å²) in [6.45, 7) is 3.75. The van der Waals surface area contributed by atoms with Crippen LogP contribution in [-0.2, 0) is 20.8 Å². The van der Waals surface area contributed by atoms with Gasteiger partial charge in [-0.15, -0.1) is 0 Å². The fourth-order valence-corrected chi connectivity index (χ4v) is 5.46. The predicted octanol–water partition coefficient (Wildman–Crippen LogP) is 0.607. The second kappa shape index (κ2) is 7.04. The molecular weight excluding hydrogens is 416 g/mol. The highest BCUT2D eigenvalue weighted by molar-refractivity contribution is 6.24. The van der Waals surface area contributed by atoms with E-state index >= 15 is 0 Å². The molecule has 0 spiro atoms. The molecule has 1 saturated carbocycles. The third-order valence-electron chi connectivity index (χ3n) is 6.86. The van der Waals surface area contributed by atoms with Crippen molar-refractivity contribution in [1.82, 2.24) is 4.90 Å². The summed E-state index contributed by atoms with van der Waals surface area (Å²) in [6, 6.07) is 1.90. The lowest BCUT2D eigenvalue weighted by Gasteiger charge is -2.50. The summed E-state index contributed by atoms with van der Waals surface area (Å²) < 4.78 is 0. The van der Waals surface area contributed by atoms with Crippen molar-refractivity contribution in [3.05, 3.63) is 52.3 Å². The van der Waals surface area contributed by atoms with Crippen LogP contribution in [0.5, 0.6) is 5.75 Å².